The number of hydrogen-bond acceptors (Lipinski definition) is 4. The van der Waals surface area contributed by atoms with E-state index in [0.29, 0.717) is 29.5 Å². The number of ether oxygens (including phenoxy) is 1. The Balaban J connectivity index is 2.17. The molecule has 6 nitrogen and oxygen atoms in total. The van der Waals surface area contributed by atoms with Crippen molar-refractivity contribution >= 4 is 21.6 Å². The Hall–Kier alpha value is -2.54. The fourth-order valence-corrected chi connectivity index (χ4v) is 3.46. The van der Waals surface area contributed by atoms with Crippen molar-refractivity contribution in [2.75, 3.05) is 25.0 Å². The molecule has 1 N–H and O–H groups in total. The lowest BCUT2D eigenvalue weighted by atomic mass is 10.1. The minimum Gasteiger partial charge on any atom is -0.497 e. The zero-order chi connectivity index (χ0) is 19.3. The van der Waals surface area contributed by atoms with Crippen molar-refractivity contribution in [1.29, 1.82) is 0 Å². The number of benzene rings is 2. The predicted molar refractivity (Wildman–Crippen MR) is 102 cm³/mol. The van der Waals surface area contributed by atoms with Gasteiger partial charge in [0.15, 0.2) is 0 Å². The summed E-state index contributed by atoms with van der Waals surface area (Å²) >= 11 is 0. The van der Waals surface area contributed by atoms with E-state index in [2.05, 4.69) is 5.32 Å². The van der Waals surface area contributed by atoms with Crippen LogP contribution in [-0.2, 0) is 10.0 Å². The Labute approximate surface area is 154 Å². The molecule has 0 aliphatic rings. The van der Waals surface area contributed by atoms with Crippen LogP contribution < -0.4 is 14.4 Å². The number of methoxy groups -OCH3 is 1. The molecule has 2 aromatic carbocycles. The van der Waals surface area contributed by atoms with E-state index in [-0.39, 0.29) is 10.8 Å². The summed E-state index contributed by atoms with van der Waals surface area (Å²) in [6, 6.07) is 12.7. The highest BCUT2D eigenvalue weighted by Crippen LogP contribution is 2.24. The van der Waals surface area contributed by atoms with E-state index >= 15 is 0 Å². The molecule has 0 radical (unpaired) electrons. The first-order chi connectivity index (χ1) is 12.3. The van der Waals surface area contributed by atoms with E-state index in [4.69, 9.17) is 4.74 Å². The molecule has 1 amide bonds. The third-order valence-electron chi connectivity index (χ3n) is 3.88. The summed E-state index contributed by atoms with van der Waals surface area (Å²) in [5, 5.41) is 2.83. The lowest BCUT2D eigenvalue weighted by Gasteiger charge is -2.20. The minimum atomic E-state index is -3.69. The van der Waals surface area contributed by atoms with Crippen molar-refractivity contribution < 1.29 is 17.9 Å². The second-order valence-corrected chi connectivity index (χ2v) is 8.27. The molecule has 0 aliphatic heterocycles. The maximum Gasteiger partial charge on any atom is 0.264 e. The van der Waals surface area contributed by atoms with Crippen molar-refractivity contribution in [3.05, 3.63) is 54.1 Å². The van der Waals surface area contributed by atoms with Gasteiger partial charge in [-0.1, -0.05) is 13.8 Å². The summed E-state index contributed by atoms with van der Waals surface area (Å²) in [6.07, 6.45) is 0. The van der Waals surface area contributed by atoms with Gasteiger partial charge in [-0.15, -0.1) is 0 Å². The van der Waals surface area contributed by atoms with E-state index in [1.807, 2.05) is 13.8 Å². The standard InChI is InChI=1S/C19H24N2O4S/c1-14(2)13-20-19(22)15-5-7-16(8-6-15)21(3)26(23,24)18-11-9-17(25-4)10-12-18/h5-12,14H,13H2,1-4H3,(H,20,22). The van der Waals surface area contributed by atoms with Gasteiger partial charge in [-0.2, -0.15) is 0 Å². The van der Waals surface area contributed by atoms with Gasteiger partial charge in [0.05, 0.1) is 17.7 Å². The maximum atomic E-state index is 12.7. The fourth-order valence-electron chi connectivity index (χ4n) is 2.27. The first-order valence-corrected chi connectivity index (χ1v) is 9.71. The van der Waals surface area contributed by atoms with E-state index in [9.17, 15) is 13.2 Å². The van der Waals surface area contributed by atoms with Crippen LogP contribution in [0.5, 0.6) is 5.75 Å². The van der Waals surface area contributed by atoms with Crippen molar-refractivity contribution in [3.63, 3.8) is 0 Å². The molecule has 0 spiro atoms. The average molecular weight is 376 g/mol. The highest BCUT2D eigenvalue weighted by atomic mass is 32.2. The van der Waals surface area contributed by atoms with Crippen molar-refractivity contribution in [2.45, 2.75) is 18.7 Å². The molecule has 0 aliphatic carbocycles. The molecule has 0 unspecified atom stereocenters. The Morgan fingerprint density at radius 2 is 1.65 bits per heavy atom. The van der Waals surface area contributed by atoms with E-state index in [1.54, 1.807) is 36.4 Å². The Kier molecular flexibility index (Phi) is 6.26. The van der Waals surface area contributed by atoms with Crippen LogP contribution in [0, 0.1) is 5.92 Å². The molecular formula is C19H24N2O4S. The van der Waals surface area contributed by atoms with Crippen molar-refractivity contribution in [3.8, 4) is 5.75 Å². The van der Waals surface area contributed by atoms with Crippen LogP contribution in [0.25, 0.3) is 0 Å². The summed E-state index contributed by atoms with van der Waals surface area (Å²) < 4.78 is 31.7. The molecule has 140 valence electrons. The van der Waals surface area contributed by atoms with Gasteiger partial charge in [0.1, 0.15) is 5.75 Å². The molecular weight excluding hydrogens is 352 g/mol. The van der Waals surface area contributed by atoms with Gasteiger partial charge < -0.3 is 10.1 Å². The Bertz CT molecular complexity index is 844. The summed E-state index contributed by atoms with van der Waals surface area (Å²) in [4.78, 5) is 12.2. The summed E-state index contributed by atoms with van der Waals surface area (Å²) in [5.74, 6) is 0.772. The van der Waals surface area contributed by atoms with Gasteiger partial charge in [-0.05, 0) is 54.4 Å². The summed E-state index contributed by atoms with van der Waals surface area (Å²) in [6.45, 7) is 4.62. The molecule has 0 heterocycles. The second kappa shape index (κ2) is 8.23. The highest BCUT2D eigenvalue weighted by molar-refractivity contribution is 7.92. The van der Waals surface area contributed by atoms with Gasteiger partial charge in [0.25, 0.3) is 15.9 Å². The predicted octanol–water partition coefficient (Wildman–Crippen LogP) is 2.91. The van der Waals surface area contributed by atoms with Crippen LogP contribution in [0.3, 0.4) is 0 Å². The zero-order valence-corrected chi connectivity index (χ0v) is 16.2. The topological polar surface area (TPSA) is 75.7 Å². The third kappa shape index (κ3) is 4.54. The number of sulfonamides is 1. The van der Waals surface area contributed by atoms with Gasteiger partial charge in [-0.25, -0.2) is 8.42 Å². The van der Waals surface area contributed by atoms with Crippen molar-refractivity contribution in [2.24, 2.45) is 5.92 Å². The smallest absolute Gasteiger partial charge is 0.264 e. The number of carbonyl (C=O) groups is 1. The quantitative estimate of drug-likeness (QED) is 0.806. The number of nitrogens with zero attached hydrogens (tertiary/aromatic N) is 1. The van der Waals surface area contributed by atoms with Crippen LogP contribution in [0.15, 0.2) is 53.4 Å². The van der Waals surface area contributed by atoms with Gasteiger partial charge in [0.2, 0.25) is 0 Å². The van der Waals surface area contributed by atoms with Crippen molar-refractivity contribution in [1.82, 2.24) is 5.32 Å². The van der Waals surface area contributed by atoms with Crippen LogP contribution >= 0.6 is 0 Å². The number of nitrogens with one attached hydrogen (secondary N) is 1. The molecule has 2 rings (SSSR count). The summed E-state index contributed by atoms with van der Waals surface area (Å²) in [7, 11) is -0.692. The minimum absolute atomic E-state index is 0.166. The number of rotatable bonds is 7. The van der Waals surface area contributed by atoms with Crippen LogP contribution in [-0.4, -0.2) is 35.0 Å². The van der Waals surface area contributed by atoms with E-state index in [1.165, 1.54) is 30.6 Å². The normalized spacial score (nSPS) is 11.3. The second-order valence-electron chi connectivity index (χ2n) is 6.30. The van der Waals surface area contributed by atoms with E-state index < -0.39 is 10.0 Å². The number of carbonyl (C=O) groups excluding carboxylic acids is 1. The first kappa shape index (κ1) is 19.8. The number of amides is 1. The molecule has 0 aromatic heterocycles. The van der Waals surface area contributed by atoms with Crippen LogP contribution in [0.1, 0.15) is 24.2 Å². The largest absolute Gasteiger partial charge is 0.497 e. The average Bonchev–Trinajstić information content (AvgIpc) is 2.65. The molecule has 0 bridgehead atoms. The monoisotopic (exact) mass is 376 g/mol. The fraction of sp³-hybridized carbons (Fsp3) is 0.316. The molecule has 0 saturated heterocycles. The maximum absolute atomic E-state index is 12.7. The van der Waals surface area contributed by atoms with Gasteiger partial charge >= 0.3 is 0 Å². The van der Waals surface area contributed by atoms with Crippen LogP contribution in [0.4, 0.5) is 5.69 Å². The molecule has 0 saturated carbocycles. The number of hydrogen-bond donors (Lipinski definition) is 1. The molecule has 26 heavy (non-hydrogen) atoms. The lowest BCUT2D eigenvalue weighted by molar-refractivity contribution is 0.0949. The lowest BCUT2D eigenvalue weighted by Crippen LogP contribution is -2.28. The molecule has 7 heteroatoms. The summed E-state index contributed by atoms with van der Waals surface area (Å²) in [5.41, 5.74) is 0.964. The molecule has 0 fully saturated rings. The molecule has 0 atom stereocenters. The third-order valence-corrected chi connectivity index (χ3v) is 5.68. The number of anilines is 1. The van der Waals surface area contributed by atoms with Gasteiger partial charge in [-0.3, -0.25) is 9.10 Å². The Morgan fingerprint density at radius 1 is 1.08 bits per heavy atom. The van der Waals surface area contributed by atoms with E-state index in [0.717, 1.165) is 0 Å². The zero-order valence-electron chi connectivity index (χ0n) is 15.4. The molecule has 2 aromatic rings. The highest BCUT2D eigenvalue weighted by Gasteiger charge is 2.21. The SMILES string of the molecule is COc1ccc(S(=O)(=O)N(C)c2ccc(C(=O)NCC(C)C)cc2)cc1. The first-order valence-electron chi connectivity index (χ1n) is 8.27. The van der Waals surface area contributed by atoms with Crippen LogP contribution in [0.2, 0.25) is 0 Å². The van der Waals surface area contributed by atoms with Gasteiger partial charge in [0, 0.05) is 19.2 Å². The Morgan fingerprint density at radius 3 is 2.15 bits per heavy atom.